The minimum Gasteiger partial charge on any atom is -0.320 e. The molecule has 8 heteroatoms. The monoisotopic (exact) mass is 729 g/mol. The molecule has 0 aromatic carbocycles. The van der Waals surface area contributed by atoms with E-state index in [0.717, 1.165) is 0 Å². The topological polar surface area (TPSA) is 46.2 Å². The molecule has 0 fully saturated rings. The molecule has 0 atom stereocenters. The van der Waals surface area contributed by atoms with Crippen LogP contribution >= 0.6 is 0 Å². The molecule has 0 saturated heterocycles. The van der Waals surface area contributed by atoms with Gasteiger partial charge in [0.05, 0.1) is 0 Å². The van der Waals surface area contributed by atoms with Gasteiger partial charge in [0.1, 0.15) is 0 Å². The summed E-state index contributed by atoms with van der Waals surface area (Å²) in [5.41, 5.74) is 0. The Morgan fingerprint density at radius 3 is 0.625 bits per heavy atom. The van der Waals surface area contributed by atoms with Crippen molar-refractivity contribution in [1.29, 1.82) is 0 Å². The first-order valence-electron chi connectivity index (χ1n) is 0.258. The number of hydrogen-bond donors (Lipinski definition) is 2. The smallest absolute Gasteiger partial charge is 0 e. The Morgan fingerprint density at radius 2 is 0.625 bits per heavy atom. The average molecular weight is 728 g/mol. The summed E-state index contributed by atoms with van der Waals surface area (Å²) in [6.45, 7) is 0. The molecular formula is H3NOTi3W3. The van der Waals surface area contributed by atoms with Gasteiger partial charge < -0.3 is 5.21 Å². The van der Waals surface area contributed by atoms with Crippen molar-refractivity contribution in [3.63, 3.8) is 0 Å². The van der Waals surface area contributed by atoms with Gasteiger partial charge in [0.15, 0.2) is 0 Å². The van der Waals surface area contributed by atoms with Crippen LogP contribution in [0.1, 0.15) is 0 Å². The predicted octanol–water partition coefficient (Wildman–Crippen LogP) is -0.681. The van der Waals surface area contributed by atoms with Crippen LogP contribution in [-0.2, 0) is 128 Å². The molecule has 0 heterocycles. The van der Waals surface area contributed by atoms with Crippen molar-refractivity contribution in [3.8, 4) is 0 Å². The third-order valence-corrected chi connectivity index (χ3v) is 0. The normalized spacial score (nSPS) is 0.750. The molecule has 0 unspecified atom stereocenters. The molecule has 0 aliphatic carbocycles. The molecule has 44 valence electrons. The van der Waals surface area contributed by atoms with E-state index >= 15 is 0 Å². The second kappa shape index (κ2) is 67.0. The van der Waals surface area contributed by atoms with Crippen LogP contribution in [0.5, 0.6) is 0 Å². The van der Waals surface area contributed by atoms with Gasteiger partial charge in [0.25, 0.3) is 0 Å². The van der Waals surface area contributed by atoms with Crippen LogP contribution in [-0.4, -0.2) is 5.21 Å². The predicted molar refractivity (Wildman–Crippen MR) is 5.97 cm³/mol. The Kier molecular flexibility index (Phi) is 478. The molecule has 0 radical (unpaired) electrons. The van der Waals surface area contributed by atoms with Crippen molar-refractivity contribution in [1.82, 2.24) is 0 Å². The van der Waals surface area contributed by atoms with Crippen molar-refractivity contribution in [3.05, 3.63) is 0 Å². The van der Waals surface area contributed by atoms with Crippen LogP contribution < -0.4 is 5.90 Å². The molecule has 0 aromatic heterocycles. The quantitative estimate of drug-likeness (QED) is 0.257. The van der Waals surface area contributed by atoms with Crippen molar-refractivity contribution in [2.45, 2.75) is 0 Å². The maximum Gasteiger partial charge on any atom is 0 e. The summed E-state index contributed by atoms with van der Waals surface area (Å²) in [5.74, 6) is 3.50. The van der Waals surface area contributed by atoms with Crippen molar-refractivity contribution >= 4 is 0 Å². The largest absolute Gasteiger partial charge is 0.320 e. The molecular weight excluding hydrogens is 725 g/mol. The SMILES string of the molecule is NO.[Ti].[Ti].[Ti].[W].[W].[W]. The second-order valence-electron chi connectivity index (χ2n) is 0. The van der Waals surface area contributed by atoms with E-state index in [4.69, 9.17) is 5.21 Å². The number of rotatable bonds is 0. The van der Waals surface area contributed by atoms with Gasteiger partial charge in [-0.1, -0.05) is 0 Å². The fraction of sp³-hybridized carbons (Fsp3) is 0. The zero-order valence-electron chi connectivity index (χ0n) is 3.75. The minimum absolute atomic E-state index is 0. The van der Waals surface area contributed by atoms with E-state index in [1.165, 1.54) is 0 Å². The minimum atomic E-state index is 0. The summed E-state index contributed by atoms with van der Waals surface area (Å²) in [5, 5.41) is 6.50. The summed E-state index contributed by atoms with van der Waals surface area (Å²) >= 11 is 0. The molecule has 3 N–H and O–H groups in total. The van der Waals surface area contributed by atoms with E-state index in [9.17, 15) is 0 Å². The van der Waals surface area contributed by atoms with Crippen molar-refractivity contribution in [2.75, 3.05) is 0 Å². The molecule has 0 aliphatic rings. The average Bonchev–Trinajstić information content (AvgIpc) is 1.00. The van der Waals surface area contributed by atoms with Crippen LogP contribution in [0.25, 0.3) is 0 Å². The van der Waals surface area contributed by atoms with Gasteiger partial charge in [-0.3, -0.25) is 0 Å². The standard InChI is InChI=1S/H3NO.3Ti.3W/c1-2;;;;;;/h2H,1H2;;;;;;. The molecule has 0 saturated carbocycles. The van der Waals surface area contributed by atoms with Crippen LogP contribution in [0.2, 0.25) is 0 Å². The number of hydrogen-bond acceptors (Lipinski definition) is 2. The zero-order chi connectivity index (χ0) is 2.00. The fourth-order valence-corrected chi connectivity index (χ4v) is 0. The Hall–Kier alpha value is 4.13. The molecule has 0 rings (SSSR count). The fourth-order valence-electron chi connectivity index (χ4n) is 0. The maximum atomic E-state index is 6.50. The third-order valence-electron chi connectivity index (χ3n) is 0. The van der Waals surface area contributed by atoms with E-state index in [-0.39, 0.29) is 128 Å². The van der Waals surface area contributed by atoms with E-state index < -0.39 is 0 Å². The summed E-state index contributed by atoms with van der Waals surface area (Å²) < 4.78 is 0. The molecule has 8 heavy (non-hydrogen) atoms. The molecule has 0 bridgehead atoms. The summed E-state index contributed by atoms with van der Waals surface area (Å²) in [4.78, 5) is 0. The number of nitrogens with two attached hydrogens (primary N) is 1. The van der Waals surface area contributed by atoms with Crippen molar-refractivity contribution < 1.29 is 134 Å². The van der Waals surface area contributed by atoms with E-state index in [2.05, 4.69) is 5.90 Å². The van der Waals surface area contributed by atoms with Gasteiger partial charge in [0.2, 0.25) is 0 Å². The van der Waals surface area contributed by atoms with Gasteiger partial charge in [-0.15, -0.1) is 0 Å². The first-order chi connectivity index (χ1) is 1.00. The van der Waals surface area contributed by atoms with Crippen molar-refractivity contribution in [2.24, 2.45) is 5.90 Å². The summed E-state index contributed by atoms with van der Waals surface area (Å²) in [6.07, 6.45) is 0. The van der Waals surface area contributed by atoms with Gasteiger partial charge >= 0.3 is 0 Å². The third kappa shape index (κ3) is 49.5. The van der Waals surface area contributed by atoms with Gasteiger partial charge in [-0.2, -0.15) is 0 Å². The van der Waals surface area contributed by atoms with Crippen LogP contribution in [0.4, 0.5) is 0 Å². The van der Waals surface area contributed by atoms with E-state index in [1.807, 2.05) is 0 Å². The van der Waals surface area contributed by atoms with Gasteiger partial charge in [0, 0.05) is 128 Å². The van der Waals surface area contributed by atoms with Gasteiger partial charge in [-0.05, 0) is 0 Å². The molecule has 0 spiro atoms. The van der Waals surface area contributed by atoms with E-state index in [1.54, 1.807) is 0 Å². The van der Waals surface area contributed by atoms with Crippen LogP contribution in [0.3, 0.4) is 0 Å². The molecule has 0 aromatic rings. The van der Waals surface area contributed by atoms with Gasteiger partial charge in [-0.25, -0.2) is 5.90 Å². The zero-order valence-corrected chi connectivity index (χ0v) is 17.2. The first kappa shape index (κ1) is 57.1. The molecule has 0 aliphatic heterocycles. The Balaban J connectivity index is -0.000000000333. The van der Waals surface area contributed by atoms with Crippen LogP contribution in [0, 0.1) is 0 Å². The molecule has 2 nitrogen and oxygen atoms in total. The Labute approximate surface area is 137 Å². The second-order valence-corrected chi connectivity index (χ2v) is 0. The first-order valence-corrected chi connectivity index (χ1v) is 0.258. The summed E-state index contributed by atoms with van der Waals surface area (Å²) in [7, 11) is 0. The Bertz CT molecular complexity index is 14.5. The van der Waals surface area contributed by atoms with E-state index in [0.29, 0.717) is 0 Å². The maximum absolute atomic E-state index is 6.50. The molecule has 0 amide bonds. The summed E-state index contributed by atoms with van der Waals surface area (Å²) in [6, 6.07) is 0. The van der Waals surface area contributed by atoms with Crippen LogP contribution in [0.15, 0.2) is 0 Å². The Morgan fingerprint density at radius 1 is 0.625 bits per heavy atom.